The number of aromatic nitrogens is 1. The first-order valence-electron chi connectivity index (χ1n) is 4.83. The molecule has 0 spiro atoms. The molecule has 0 aliphatic rings. The van der Waals surface area contributed by atoms with E-state index in [0.717, 1.165) is 11.3 Å². The van der Waals surface area contributed by atoms with Crippen LogP contribution >= 0.6 is 22.9 Å². The van der Waals surface area contributed by atoms with Crippen LogP contribution in [0.2, 0.25) is 5.02 Å². The highest BCUT2D eigenvalue weighted by Crippen LogP contribution is 2.35. The van der Waals surface area contributed by atoms with Crippen LogP contribution in [0.1, 0.15) is 10.5 Å². The molecule has 1 heterocycles. The van der Waals surface area contributed by atoms with Crippen LogP contribution in [-0.4, -0.2) is 18.1 Å². The normalized spacial score (nSPS) is 10.4. The minimum atomic E-state index is -0.637. The van der Waals surface area contributed by atoms with Gasteiger partial charge in [-0.1, -0.05) is 35.1 Å². The number of rotatable bonds is 2. The largest absolute Gasteiger partial charge is 0.464 e. The summed E-state index contributed by atoms with van der Waals surface area (Å²) in [5, 5.41) is 0.525. The molecule has 2 N–H and O–H groups in total. The van der Waals surface area contributed by atoms with Crippen molar-refractivity contribution < 1.29 is 13.9 Å². The Hall–Kier alpha value is -1.66. The summed E-state index contributed by atoms with van der Waals surface area (Å²) < 4.78 is 17.9. The lowest BCUT2D eigenvalue weighted by Gasteiger charge is -2.00. The van der Waals surface area contributed by atoms with Gasteiger partial charge in [0.05, 0.1) is 12.1 Å². The number of esters is 1. The Bertz CT molecular complexity index is 615. The maximum atomic E-state index is 13.3. The van der Waals surface area contributed by atoms with Crippen LogP contribution in [0.4, 0.5) is 9.39 Å². The van der Waals surface area contributed by atoms with Crippen molar-refractivity contribution in [2.75, 3.05) is 12.8 Å². The highest BCUT2D eigenvalue weighted by molar-refractivity contribution is 7.19. The summed E-state index contributed by atoms with van der Waals surface area (Å²) in [6.45, 7) is 0. The number of nitrogens with two attached hydrogens (primary N) is 1. The Balaban J connectivity index is 2.53. The summed E-state index contributed by atoms with van der Waals surface area (Å²) in [6.07, 6.45) is 0. The van der Waals surface area contributed by atoms with Crippen molar-refractivity contribution in [3.63, 3.8) is 0 Å². The zero-order chi connectivity index (χ0) is 13.3. The van der Waals surface area contributed by atoms with Gasteiger partial charge in [0.1, 0.15) is 15.8 Å². The zero-order valence-corrected chi connectivity index (χ0v) is 10.8. The standard InChI is InChI=1S/C11H8ClFN2O2S/c1-17-11(16)8-9(14)18-10(15-8)5-3-2-4-6(13)7(5)12/h2-4H,14H2,1H3. The summed E-state index contributed by atoms with van der Waals surface area (Å²) in [5.41, 5.74) is 6.07. The third kappa shape index (κ3) is 2.16. The molecule has 2 rings (SSSR count). The lowest BCUT2D eigenvalue weighted by atomic mass is 10.2. The highest BCUT2D eigenvalue weighted by atomic mass is 35.5. The minimum absolute atomic E-state index is 0.0119. The molecular weight excluding hydrogens is 279 g/mol. The van der Waals surface area contributed by atoms with Gasteiger partial charge in [-0.05, 0) is 6.07 Å². The Labute approximate surface area is 111 Å². The predicted molar refractivity (Wildman–Crippen MR) is 68.3 cm³/mol. The fourth-order valence-electron chi connectivity index (χ4n) is 1.36. The molecule has 94 valence electrons. The number of thiazole rings is 1. The Morgan fingerprint density at radius 1 is 1.56 bits per heavy atom. The van der Waals surface area contributed by atoms with E-state index in [1.807, 2.05) is 0 Å². The van der Waals surface area contributed by atoms with Crippen LogP contribution in [0.3, 0.4) is 0 Å². The fraction of sp³-hybridized carbons (Fsp3) is 0.0909. The molecule has 2 aromatic rings. The van der Waals surface area contributed by atoms with E-state index >= 15 is 0 Å². The van der Waals surface area contributed by atoms with E-state index in [2.05, 4.69) is 9.72 Å². The summed E-state index contributed by atoms with van der Waals surface area (Å²) in [4.78, 5) is 15.4. The van der Waals surface area contributed by atoms with E-state index in [4.69, 9.17) is 17.3 Å². The molecule has 0 bridgehead atoms. The van der Waals surface area contributed by atoms with Crippen molar-refractivity contribution >= 4 is 33.9 Å². The van der Waals surface area contributed by atoms with Gasteiger partial charge in [0.25, 0.3) is 0 Å². The average molecular weight is 287 g/mol. The predicted octanol–water partition coefficient (Wildman–Crippen LogP) is 2.97. The number of ether oxygens (including phenoxy) is 1. The van der Waals surface area contributed by atoms with Crippen molar-refractivity contribution in [1.29, 1.82) is 0 Å². The van der Waals surface area contributed by atoms with Crippen molar-refractivity contribution in [2.24, 2.45) is 0 Å². The SMILES string of the molecule is COC(=O)c1nc(-c2cccc(F)c2Cl)sc1N. The molecule has 0 aliphatic heterocycles. The summed E-state index contributed by atoms with van der Waals surface area (Å²) in [5.74, 6) is -1.19. The zero-order valence-electron chi connectivity index (χ0n) is 9.24. The van der Waals surface area contributed by atoms with E-state index in [1.165, 1.54) is 19.2 Å². The maximum Gasteiger partial charge on any atom is 0.359 e. The first-order chi connectivity index (χ1) is 8.54. The second-order valence-corrected chi connectivity index (χ2v) is 4.73. The van der Waals surface area contributed by atoms with Gasteiger partial charge in [-0.2, -0.15) is 0 Å². The fourth-order valence-corrected chi connectivity index (χ4v) is 2.48. The molecule has 0 radical (unpaired) electrons. The molecule has 1 aromatic carbocycles. The lowest BCUT2D eigenvalue weighted by molar-refractivity contribution is 0.0596. The summed E-state index contributed by atoms with van der Waals surface area (Å²) in [7, 11) is 1.23. The molecule has 1 aromatic heterocycles. The Morgan fingerprint density at radius 3 is 2.94 bits per heavy atom. The van der Waals surface area contributed by atoms with Gasteiger partial charge in [-0.15, -0.1) is 0 Å². The van der Waals surface area contributed by atoms with Gasteiger partial charge in [0.2, 0.25) is 0 Å². The van der Waals surface area contributed by atoms with Gasteiger partial charge in [0.15, 0.2) is 5.69 Å². The first kappa shape index (κ1) is 12.8. The van der Waals surface area contributed by atoms with E-state index in [9.17, 15) is 9.18 Å². The van der Waals surface area contributed by atoms with E-state index in [0.29, 0.717) is 10.6 Å². The Morgan fingerprint density at radius 2 is 2.28 bits per heavy atom. The van der Waals surface area contributed by atoms with Gasteiger partial charge in [-0.3, -0.25) is 0 Å². The number of nitrogen functional groups attached to an aromatic ring is 1. The number of hydrogen-bond donors (Lipinski definition) is 1. The van der Waals surface area contributed by atoms with Crippen molar-refractivity contribution in [3.8, 4) is 10.6 Å². The van der Waals surface area contributed by atoms with Crippen LogP contribution < -0.4 is 5.73 Å². The molecule has 7 heteroatoms. The molecule has 0 unspecified atom stereocenters. The van der Waals surface area contributed by atoms with E-state index in [-0.39, 0.29) is 15.7 Å². The van der Waals surface area contributed by atoms with Gasteiger partial charge >= 0.3 is 5.97 Å². The molecular formula is C11H8ClFN2O2S. The third-order valence-electron chi connectivity index (χ3n) is 2.21. The van der Waals surface area contributed by atoms with E-state index in [1.54, 1.807) is 6.07 Å². The molecule has 0 amide bonds. The van der Waals surface area contributed by atoms with Crippen molar-refractivity contribution in [2.45, 2.75) is 0 Å². The van der Waals surface area contributed by atoms with Crippen LogP contribution in [0.5, 0.6) is 0 Å². The second-order valence-electron chi connectivity index (χ2n) is 3.32. The molecule has 0 fully saturated rings. The quantitative estimate of drug-likeness (QED) is 0.862. The lowest BCUT2D eigenvalue weighted by Crippen LogP contribution is -2.04. The molecule has 18 heavy (non-hydrogen) atoms. The van der Waals surface area contributed by atoms with Crippen LogP contribution in [0.25, 0.3) is 10.6 Å². The van der Waals surface area contributed by atoms with Crippen LogP contribution in [-0.2, 0) is 4.74 Å². The monoisotopic (exact) mass is 286 g/mol. The first-order valence-corrected chi connectivity index (χ1v) is 6.03. The van der Waals surface area contributed by atoms with Crippen LogP contribution in [0, 0.1) is 5.82 Å². The van der Waals surface area contributed by atoms with Crippen molar-refractivity contribution in [3.05, 3.63) is 34.7 Å². The smallest absolute Gasteiger partial charge is 0.359 e. The Kier molecular flexibility index (Phi) is 3.49. The number of carbonyl (C=O) groups is 1. The average Bonchev–Trinajstić information content (AvgIpc) is 2.73. The van der Waals surface area contributed by atoms with E-state index < -0.39 is 11.8 Å². The number of hydrogen-bond acceptors (Lipinski definition) is 5. The summed E-state index contributed by atoms with van der Waals surface area (Å²) in [6, 6.07) is 4.35. The van der Waals surface area contributed by atoms with Crippen LogP contribution in [0.15, 0.2) is 18.2 Å². The molecule has 0 atom stereocenters. The third-order valence-corrected chi connectivity index (χ3v) is 3.52. The molecule has 4 nitrogen and oxygen atoms in total. The maximum absolute atomic E-state index is 13.3. The second kappa shape index (κ2) is 4.91. The summed E-state index contributed by atoms with van der Waals surface area (Å²) >= 11 is 6.89. The highest BCUT2D eigenvalue weighted by Gasteiger charge is 2.19. The number of halogens is 2. The van der Waals surface area contributed by atoms with Crippen molar-refractivity contribution in [1.82, 2.24) is 4.98 Å². The van der Waals surface area contributed by atoms with Gasteiger partial charge in [0, 0.05) is 5.56 Å². The number of anilines is 1. The number of nitrogens with zero attached hydrogens (tertiary/aromatic N) is 1. The van der Waals surface area contributed by atoms with Gasteiger partial charge < -0.3 is 10.5 Å². The topological polar surface area (TPSA) is 65.2 Å². The molecule has 0 saturated heterocycles. The number of benzene rings is 1. The van der Waals surface area contributed by atoms with Gasteiger partial charge in [-0.25, -0.2) is 14.2 Å². The number of methoxy groups -OCH3 is 1. The molecule has 0 saturated carbocycles. The number of carbonyl (C=O) groups excluding carboxylic acids is 1. The molecule has 0 aliphatic carbocycles. The minimum Gasteiger partial charge on any atom is -0.464 e.